The Kier molecular flexibility index (Phi) is 1.98. The van der Waals surface area contributed by atoms with Crippen molar-refractivity contribution >= 4 is 15.9 Å². The predicted molar refractivity (Wildman–Crippen MR) is 47.9 cm³/mol. The summed E-state index contributed by atoms with van der Waals surface area (Å²) in [7, 11) is 2.17. The first-order chi connectivity index (χ1) is 5.20. The van der Waals surface area contributed by atoms with Gasteiger partial charge in [0.2, 0.25) is 0 Å². The van der Waals surface area contributed by atoms with Gasteiger partial charge in [0.15, 0.2) is 0 Å². The van der Waals surface area contributed by atoms with Crippen molar-refractivity contribution in [3.63, 3.8) is 0 Å². The lowest BCUT2D eigenvalue weighted by Crippen LogP contribution is -2.49. The highest BCUT2D eigenvalue weighted by Gasteiger charge is 2.43. The van der Waals surface area contributed by atoms with Crippen LogP contribution in [-0.4, -0.2) is 40.1 Å². The first-order valence-corrected chi connectivity index (χ1v) is 5.16. The Labute approximate surface area is 75.7 Å². The highest BCUT2D eigenvalue weighted by Crippen LogP contribution is 2.37. The van der Waals surface area contributed by atoms with Crippen molar-refractivity contribution in [1.82, 2.24) is 4.90 Å². The minimum atomic E-state index is -0.122. The molecule has 0 radical (unpaired) electrons. The summed E-state index contributed by atoms with van der Waals surface area (Å²) in [5.41, 5.74) is 0. The summed E-state index contributed by atoms with van der Waals surface area (Å²) in [5.74, 6) is 0. The average Bonchev–Trinajstić information content (AvgIpc) is 2.23. The molecule has 0 aromatic rings. The molecule has 0 unspecified atom stereocenters. The van der Waals surface area contributed by atoms with Crippen LogP contribution in [0, 0.1) is 0 Å². The third-order valence-corrected chi connectivity index (χ3v) is 4.36. The largest absolute Gasteiger partial charge is 0.392 e. The Morgan fingerprint density at radius 2 is 2.18 bits per heavy atom. The maximum absolute atomic E-state index is 9.60. The summed E-state index contributed by atoms with van der Waals surface area (Å²) in [6.07, 6.45) is 3.33. The molecule has 11 heavy (non-hydrogen) atoms. The van der Waals surface area contributed by atoms with Gasteiger partial charge in [-0.15, -0.1) is 0 Å². The molecule has 2 rings (SSSR count). The third-order valence-electron chi connectivity index (χ3n) is 3.14. The molecule has 2 aliphatic rings. The van der Waals surface area contributed by atoms with Crippen LogP contribution >= 0.6 is 15.9 Å². The number of aliphatic hydroxyl groups excluding tert-OH is 1. The average molecular weight is 220 g/mol. The van der Waals surface area contributed by atoms with E-state index in [0.717, 1.165) is 6.42 Å². The summed E-state index contributed by atoms with van der Waals surface area (Å²) in [5, 5.41) is 9.60. The molecule has 64 valence electrons. The normalized spacial score (nSPS) is 51.5. The first-order valence-electron chi connectivity index (χ1n) is 4.24. The van der Waals surface area contributed by atoms with Gasteiger partial charge in [-0.25, -0.2) is 0 Å². The van der Waals surface area contributed by atoms with Gasteiger partial charge in [-0.3, -0.25) is 4.90 Å². The molecule has 0 saturated carbocycles. The summed E-state index contributed by atoms with van der Waals surface area (Å²) in [6, 6.07) is 1.22. The highest BCUT2D eigenvalue weighted by molar-refractivity contribution is 9.09. The molecule has 2 nitrogen and oxygen atoms in total. The number of hydrogen-bond donors (Lipinski definition) is 1. The summed E-state index contributed by atoms with van der Waals surface area (Å²) >= 11 is 3.56. The minimum absolute atomic E-state index is 0.122. The lowest BCUT2D eigenvalue weighted by molar-refractivity contribution is 0.0594. The van der Waals surface area contributed by atoms with Crippen LogP contribution in [-0.2, 0) is 0 Å². The molecule has 2 bridgehead atoms. The van der Waals surface area contributed by atoms with E-state index in [1.54, 1.807) is 0 Å². The molecule has 0 aromatic carbocycles. The fourth-order valence-corrected chi connectivity index (χ4v) is 3.23. The van der Waals surface area contributed by atoms with Crippen molar-refractivity contribution in [2.75, 3.05) is 7.05 Å². The van der Waals surface area contributed by atoms with Crippen molar-refractivity contribution in [3.8, 4) is 0 Å². The zero-order valence-corrected chi connectivity index (χ0v) is 8.29. The Morgan fingerprint density at radius 1 is 1.45 bits per heavy atom. The van der Waals surface area contributed by atoms with Crippen LogP contribution in [0.15, 0.2) is 0 Å². The molecule has 2 fully saturated rings. The van der Waals surface area contributed by atoms with Crippen LogP contribution in [0.5, 0.6) is 0 Å². The van der Waals surface area contributed by atoms with Gasteiger partial charge in [-0.2, -0.15) is 0 Å². The predicted octanol–water partition coefficient (Wildman–Crippen LogP) is 0.977. The summed E-state index contributed by atoms with van der Waals surface area (Å²) in [6.45, 7) is 0. The lowest BCUT2D eigenvalue weighted by atomic mass is 10.0. The number of piperidine rings is 1. The standard InChI is InChI=1S/C8H14BrNO/c1-10-5-2-3-6(10)8(9)7(11)4-5/h5-8,11H,2-4H2,1H3/t5-,6+,7-,8+/m0/s1. The Hall–Kier alpha value is 0.400. The number of fused-ring (bicyclic) bond motifs is 2. The van der Waals surface area contributed by atoms with Crippen molar-refractivity contribution in [2.24, 2.45) is 0 Å². The van der Waals surface area contributed by atoms with Crippen molar-refractivity contribution in [2.45, 2.75) is 42.3 Å². The number of alkyl halides is 1. The summed E-state index contributed by atoms with van der Waals surface area (Å²) in [4.78, 5) is 2.71. The number of aliphatic hydroxyl groups is 1. The second kappa shape index (κ2) is 2.71. The van der Waals surface area contributed by atoms with Crippen LogP contribution in [0.3, 0.4) is 0 Å². The molecule has 4 atom stereocenters. The summed E-state index contributed by atoms with van der Waals surface area (Å²) < 4.78 is 0. The van der Waals surface area contributed by atoms with Crippen LogP contribution < -0.4 is 0 Å². The molecule has 3 heteroatoms. The smallest absolute Gasteiger partial charge is 0.0695 e. The van der Waals surface area contributed by atoms with Crippen LogP contribution in [0.1, 0.15) is 19.3 Å². The van der Waals surface area contributed by atoms with Gasteiger partial charge in [0.25, 0.3) is 0 Å². The highest BCUT2D eigenvalue weighted by atomic mass is 79.9. The van der Waals surface area contributed by atoms with Crippen LogP contribution in [0.2, 0.25) is 0 Å². The number of hydrogen-bond acceptors (Lipinski definition) is 2. The van der Waals surface area contributed by atoms with E-state index >= 15 is 0 Å². The van der Waals surface area contributed by atoms with E-state index in [1.807, 2.05) is 0 Å². The van der Waals surface area contributed by atoms with E-state index < -0.39 is 0 Å². The number of rotatable bonds is 0. The Bertz CT molecular complexity index is 164. The van der Waals surface area contributed by atoms with Crippen LogP contribution in [0.4, 0.5) is 0 Å². The molecule has 1 N–H and O–H groups in total. The zero-order valence-electron chi connectivity index (χ0n) is 6.70. The van der Waals surface area contributed by atoms with Crippen molar-refractivity contribution < 1.29 is 5.11 Å². The van der Waals surface area contributed by atoms with Gasteiger partial charge < -0.3 is 5.11 Å². The van der Waals surface area contributed by atoms with Crippen molar-refractivity contribution in [3.05, 3.63) is 0 Å². The second-order valence-corrected chi connectivity index (χ2v) is 4.77. The van der Waals surface area contributed by atoms with Gasteiger partial charge in [0, 0.05) is 12.1 Å². The van der Waals surface area contributed by atoms with E-state index in [1.165, 1.54) is 12.8 Å². The van der Waals surface area contributed by atoms with E-state index in [-0.39, 0.29) is 6.10 Å². The SMILES string of the molecule is CN1[C@H]2CC[C@@H]1[C@@H](Br)[C@@H](O)C2. The van der Waals surface area contributed by atoms with E-state index in [0.29, 0.717) is 16.9 Å². The molecule has 0 aliphatic carbocycles. The van der Waals surface area contributed by atoms with Crippen molar-refractivity contribution in [1.29, 1.82) is 0 Å². The monoisotopic (exact) mass is 219 g/mol. The molecule has 2 heterocycles. The molecule has 0 spiro atoms. The molecule has 2 saturated heterocycles. The maximum Gasteiger partial charge on any atom is 0.0695 e. The van der Waals surface area contributed by atoms with Gasteiger partial charge in [0.1, 0.15) is 0 Å². The molecule has 2 aliphatic heterocycles. The molecule has 0 amide bonds. The maximum atomic E-state index is 9.60. The molecular formula is C8H14BrNO. The third kappa shape index (κ3) is 1.14. The molecular weight excluding hydrogens is 206 g/mol. The fourth-order valence-electron chi connectivity index (χ4n) is 2.37. The van der Waals surface area contributed by atoms with Gasteiger partial charge >= 0.3 is 0 Å². The van der Waals surface area contributed by atoms with Gasteiger partial charge in [0.05, 0.1) is 10.9 Å². The number of halogens is 1. The van der Waals surface area contributed by atoms with Crippen LogP contribution in [0.25, 0.3) is 0 Å². The zero-order chi connectivity index (χ0) is 8.01. The molecule has 0 aromatic heterocycles. The Balaban J connectivity index is 2.16. The number of nitrogens with zero attached hydrogens (tertiary/aromatic N) is 1. The van der Waals surface area contributed by atoms with E-state index in [2.05, 4.69) is 27.9 Å². The Morgan fingerprint density at radius 3 is 2.91 bits per heavy atom. The fraction of sp³-hybridized carbons (Fsp3) is 1.00. The van der Waals surface area contributed by atoms with E-state index in [4.69, 9.17) is 0 Å². The minimum Gasteiger partial charge on any atom is -0.392 e. The van der Waals surface area contributed by atoms with E-state index in [9.17, 15) is 5.11 Å². The second-order valence-electron chi connectivity index (χ2n) is 3.71. The lowest BCUT2D eigenvalue weighted by Gasteiger charge is -2.37. The first kappa shape index (κ1) is 8.02. The van der Waals surface area contributed by atoms with Gasteiger partial charge in [-0.05, 0) is 26.3 Å². The van der Waals surface area contributed by atoms with Gasteiger partial charge in [-0.1, -0.05) is 15.9 Å². The topological polar surface area (TPSA) is 23.5 Å². The quantitative estimate of drug-likeness (QED) is 0.615.